The van der Waals surface area contributed by atoms with E-state index in [4.69, 9.17) is 0 Å². The maximum absolute atomic E-state index is 12.2. The summed E-state index contributed by atoms with van der Waals surface area (Å²) in [5.74, 6) is 0. The van der Waals surface area contributed by atoms with Crippen LogP contribution < -0.4 is 10.0 Å². The molecule has 0 amide bonds. The number of benzene rings is 1. The molecule has 0 aromatic heterocycles. The van der Waals surface area contributed by atoms with Crippen molar-refractivity contribution in [3.05, 3.63) is 24.3 Å². The van der Waals surface area contributed by atoms with E-state index in [9.17, 15) is 16.8 Å². The fourth-order valence-corrected chi connectivity index (χ4v) is 3.77. The highest BCUT2D eigenvalue weighted by molar-refractivity contribution is 7.91. The highest BCUT2D eigenvalue weighted by atomic mass is 32.2. The molecule has 0 unspecified atom stereocenters. The Morgan fingerprint density at radius 3 is 2.40 bits per heavy atom. The molecule has 2 N–H and O–H groups in total. The summed E-state index contributed by atoms with van der Waals surface area (Å²) in [5, 5.41) is 3.07. The van der Waals surface area contributed by atoms with E-state index in [0.717, 1.165) is 6.26 Å². The average molecular weight is 319 g/mol. The lowest BCUT2D eigenvalue weighted by molar-refractivity contribution is 0.362. The summed E-state index contributed by atoms with van der Waals surface area (Å²) in [4.78, 5) is 0.0815. The third-order valence-corrected chi connectivity index (χ3v) is 5.57. The van der Waals surface area contributed by atoms with E-state index in [1.165, 1.54) is 28.6 Å². The van der Waals surface area contributed by atoms with Crippen molar-refractivity contribution in [2.75, 3.05) is 37.2 Å². The summed E-state index contributed by atoms with van der Waals surface area (Å²) in [6.45, 7) is 1.98. The number of piperazine rings is 1. The first kappa shape index (κ1) is 15.2. The Morgan fingerprint density at radius 1 is 1.15 bits per heavy atom. The average Bonchev–Trinajstić information content (AvgIpc) is 2.38. The highest BCUT2D eigenvalue weighted by Gasteiger charge is 2.23. The second-order valence-corrected chi connectivity index (χ2v) is 8.24. The standard InChI is InChI=1S/C11H17N3O4S2/c1-19(15,16)11-4-2-3-10(9-11)13-20(17,18)14-7-5-12-6-8-14/h2-4,9,12-13H,5-8H2,1H3. The van der Waals surface area contributed by atoms with Gasteiger partial charge in [-0.2, -0.15) is 12.7 Å². The smallest absolute Gasteiger partial charge is 0.301 e. The second-order valence-electron chi connectivity index (χ2n) is 4.56. The van der Waals surface area contributed by atoms with Crippen LogP contribution in [0.25, 0.3) is 0 Å². The van der Waals surface area contributed by atoms with E-state index < -0.39 is 20.0 Å². The normalized spacial score (nSPS) is 17.9. The molecule has 2 rings (SSSR count). The van der Waals surface area contributed by atoms with Gasteiger partial charge in [0, 0.05) is 32.4 Å². The summed E-state index contributed by atoms with van der Waals surface area (Å²) < 4.78 is 51.0. The van der Waals surface area contributed by atoms with Crippen molar-refractivity contribution in [2.45, 2.75) is 4.90 Å². The molecule has 1 saturated heterocycles. The van der Waals surface area contributed by atoms with Gasteiger partial charge in [-0.25, -0.2) is 8.42 Å². The Kier molecular flexibility index (Phi) is 4.33. The summed E-state index contributed by atoms with van der Waals surface area (Å²) >= 11 is 0. The molecular weight excluding hydrogens is 302 g/mol. The third kappa shape index (κ3) is 3.69. The van der Waals surface area contributed by atoms with Gasteiger partial charge in [0.1, 0.15) is 0 Å². The number of anilines is 1. The van der Waals surface area contributed by atoms with Gasteiger partial charge in [0.15, 0.2) is 9.84 Å². The molecule has 0 saturated carbocycles. The topological polar surface area (TPSA) is 95.6 Å². The number of rotatable bonds is 4. The van der Waals surface area contributed by atoms with E-state index in [2.05, 4.69) is 10.0 Å². The number of hydrogen-bond acceptors (Lipinski definition) is 5. The molecule has 1 aromatic carbocycles. The van der Waals surface area contributed by atoms with Gasteiger partial charge in [0.2, 0.25) is 0 Å². The van der Waals surface area contributed by atoms with Crippen LogP contribution in [0, 0.1) is 0 Å². The lowest BCUT2D eigenvalue weighted by Crippen LogP contribution is -2.48. The lowest BCUT2D eigenvalue weighted by Gasteiger charge is -2.26. The molecule has 0 aliphatic carbocycles. The summed E-state index contributed by atoms with van der Waals surface area (Å²) in [6.07, 6.45) is 1.08. The zero-order valence-electron chi connectivity index (χ0n) is 11.0. The Balaban J connectivity index is 2.21. The molecule has 1 heterocycles. The van der Waals surface area contributed by atoms with Crippen LogP contribution in [-0.2, 0) is 20.0 Å². The lowest BCUT2D eigenvalue weighted by atomic mass is 10.3. The van der Waals surface area contributed by atoms with Crippen molar-refractivity contribution < 1.29 is 16.8 Å². The zero-order valence-corrected chi connectivity index (χ0v) is 12.7. The minimum atomic E-state index is -3.65. The largest absolute Gasteiger partial charge is 0.314 e. The predicted molar refractivity (Wildman–Crippen MR) is 76.5 cm³/mol. The quantitative estimate of drug-likeness (QED) is 0.791. The first-order valence-corrected chi connectivity index (χ1v) is 9.41. The van der Waals surface area contributed by atoms with Crippen LogP contribution in [0.15, 0.2) is 29.2 Å². The van der Waals surface area contributed by atoms with Crippen molar-refractivity contribution in [3.63, 3.8) is 0 Å². The Bertz CT molecular complexity index is 679. The van der Waals surface area contributed by atoms with E-state index in [1.807, 2.05) is 0 Å². The first-order valence-electron chi connectivity index (χ1n) is 6.08. The molecule has 0 atom stereocenters. The van der Waals surface area contributed by atoms with Gasteiger partial charge in [-0.1, -0.05) is 6.07 Å². The zero-order chi connectivity index (χ0) is 14.8. The van der Waals surface area contributed by atoms with E-state index in [-0.39, 0.29) is 10.6 Å². The van der Waals surface area contributed by atoms with Crippen molar-refractivity contribution in [1.29, 1.82) is 0 Å². The number of sulfone groups is 1. The van der Waals surface area contributed by atoms with Gasteiger partial charge in [-0.3, -0.25) is 4.72 Å². The third-order valence-electron chi connectivity index (χ3n) is 2.92. The molecule has 9 heteroatoms. The molecule has 1 aliphatic rings. The molecule has 0 bridgehead atoms. The minimum absolute atomic E-state index is 0.0815. The fraction of sp³-hybridized carbons (Fsp3) is 0.455. The Morgan fingerprint density at radius 2 is 1.80 bits per heavy atom. The molecule has 1 aliphatic heterocycles. The van der Waals surface area contributed by atoms with Gasteiger partial charge in [0.25, 0.3) is 0 Å². The highest BCUT2D eigenvalue weighted by Crippen LogP contribution is 2.17. The minimum Gasteiger partial charge on any atom is -0.314 e. The van der Waals surface area contributed by atoms with Gasteiger partial charge in [-0.15, -0.1) is 0 Å². The first-order chi connectivity index (χ1) is 9.29. The monoisotopic (exact) mass is 319 g/mol. The number of hydrogen-bond donors (Lipinski definition) is 2. The molecule has 1 aromatic rings. The summed E-state index contributed by atoms with van der Waals surface area (Å²) in [6, 6.07) is 5.77. The molecule has 0 radical (unpaired) electrons. The fourth-order valence-electron chi connectivity index (χ4n) is 1.89. The number of nitrogens with one attached hydrogen (secondary N) is 2. The van der Waals surface area contributed by atoms with Crippen LogP contribution in [0.3, 0.4) is 0 Å². The Labute approximate surface area is 119 Å². The van der Waals surface area contributed by atoms with Crippen LogP contribution >= 0.6 is 0 Å². The van der Waals surface area contributed by atoms with Gasteiger partial charge >= 0.3 is 10.2 Å². The second kappa shape index (κ2) is 5.68. The predicted octanol–water partition coefficient (Wildman–Crippen LogP) is -0.348. The Hall–Kier alpha value is -1.16. The molecule has 0 spiro atoms. The van der Waals surface area contributed by atoms with Crippen LogP contribution in [0.2, 0.25) is 0 Å². The van der Waals surface area contributed by atoms with Crippen molar-refractivity contribution >= 4 is 25.7 Å². The van der Waals surface area contributed by atoms with Crippen molar-refractivity contribution in [2.24, 2.45) is 0 Å². The van der Waals surface area contributed by atoms with Crippen LogP contribution in [0.1, 0.15) is 0 Å². The molecule has 112 valence electrons. The molecule has 7 nitrogen and oxygen atoms in total. The summed E-state index contributed by atoms with van der Waals surface area (Å²) in [5.41, 5.74) is 0.242. The summed E-state index contributed by atoms with van der Waals surface area (Å²) in [7, 11) is -7.01. The van der Waals surface area contributed by atoms with Crippen LogP contribution in [-0.4, -0.2) is 53.6 Å². The van der Waals surface area contributed by atoms with Gasteiger partial charge < -0.3 is 5.32 Å². The van der Waals surface area contributed by atoms with E-state index in [0.29, 0.717) is 26.2 Å². The van der Waals surface area contributed by atoms with Crippen LogP contribution in [0.5, 0.6) is 0 Å². The van der Waals surface area contributed by atoms with Crippen molar-refractivity contribution in [3.8, 4) is 0 Å². The molecule has 20 heavy (non-hydrogen) atoms. The van der Waals surface area contributed by atoms with E-state index >= 15 is 0 Å². The maximum atomic E-state index is 12.2. The maximum Gasteiger partial charge on any atom is 0.301 e. The molecular formula is C11H17N3O4S2. The van der Waals surface area contributed by atoms with Crippen molar-refractivity contribution in [1.82, 2.24) is 9.62 Å². The number of nitrogens with zero attached hydrogens (tertiary/aromatic N) is 1. The molecule has 1 fully saturated rings. The van der Waals surface area contributed by atoms with Gasteiger partial charge in [-0.05, 0) is 18.2 Å². The SMILES string of the molecule is CS(=O)(=O)c1cccc(NS(=O)(=O)N2CCNCC2)c1. The van der Waals surface area contributed by atoms with Crippen LogP contribution in [0.4, 0.5) is 5.69 Å². The van der Waals surface area contributed by atoms with Gasteiger partial charge in [0.05, 0.1) is 10.6 Å². The van der Waals surface area contributed by atoms with E-state index in [1.54, 1.807) is 0 Å².